The first kappa shape index (κ1) is 16.8. The third-order valence-corrected chi connectivity index (χ3v) is 5.16. The number of hydrogen-bond acceptors (Lipinski definition) is 3. The van der Waals surface area contributed by atoms with Crippen molar-refractivity contribution in [3.63, 3.8) is 0 Å². The fraction of sp³-hybridized carbons (Fsp3) is 0.579. The lowest BCUT2D eigenvalue weighted by Crippen LogP contribution is -2.44. The molecule has 2 atom stereocenters. The number of hydrogen-bond donors (Lipinski definition) is 1. The van der Waals surface area contributed by atoms with Crippen LogP contribution in [0.15, 0.2) is 24.3 Å². The van der Waals surface area contributed by atoms with Crippen LogP contribution in [0.1, 0.15) is 49.4 Å². The van der Waals surface area contributed by atoms with Gasteiger partial charge in [0.05, 0.1) is 18.7 Å². The number of nitrogens with one attached hydrogen (secondary N) is 1. The number of rotatable bonds is 5. The van der Waals surface area contributed by atoms with E-state index in [9.17, 15) is 9.59 Å². The van der Waals surface area contributed by atoms with Gasteiger partial charge in [-0.2, -0.15) is 0 Å². The zero-order valence-electron chi connectivity index (χ0n) is 14.3. The Labute approximate surface area is 143 Å². The van der Waals surface area contributed by atoms with E-state index in [0.29, 0.717) is 29.9 Å². The lowest BCUT2D eigenvalue weighted by molar-refractivity contribution is -0.131. The topological polar surface area (TPSA) is 58.6 Å². The van der Waals surface area contributed by atoms with E-state index in [0.717, 1.165) is 19.4 Å². The maximum absolute atomic E-state index is 12.5. The number of nitrogens with zero attached hydrogens (tertiary/aromatic N) is 1. The number of amides is 2. The molecular formula is C19H26N2O3. The van der Waals surface area contributed by atoms with Crippen molar-refractivity contribution in [2.45, 2.75) is 45.1 Å². The van der Waals surface area contributed by atoms with Gasteiger partial charge in [-0.3, -0.25) is 9.59 Å². The highest BCUT2D eigenvalue weighted by molar-refractivity contribution is 5.98. The Morgan fingerprint density at radius 3 is 2.83 bits per heavy atom. The van der Waals surface area contributed by atoms with Gasteiger partial charge >= 0.3 is 0 Å². The molecule has 2 aliphatic rings. The van der Waals surface area contributed by atoms with Crippen molar-refractivity contribution in [1.29, 1.82) is 0 Å². The maximum atomic E-state index is 12.5. The second-order valence-electron chi connectivity index (χ2n) is 6.60. The molecule has 0 spiro atoms. The molecular weight excluding hydrogens is 304 g/mol. The SMILES string of the molecule is CCOc1ccccc1C(=O)NCC(=O)N1CC[C@@H]2CCCC[C@H]21. The van der Waals surface area contributed by atoms with Gasteiger partial charge < -0.3 is 15.0 Å². The first-order chi connectivity index (χ1) is 11.7. The number of carbonyl (C=O) groups excluding carboxylic acids is 2. The van der Waals surface area contributed by atoms with Crippen molar-refractivity contribution in [2.24, 2.45) is 5.92 Å². The number of carbonyl (C=O) groups is 2. The monoisotopic (exact) mass is 330 g/mol. The van der Waals surface area contributed by atoms with Gasteiger partial charge in [0.25, 0.3) is 5.91 Å². The van der Waals surface area contributed by atoms with Crippen molar-refractivity contribution < 1.29 is 14.3 Å². The minimum Gasteiger partial charge on any atom is -0.493 e. The van der Waals surface area contributed by atoms with Gasteiger partial charge in [-0.15, -0.1) is 0 Å². The highest BCUT2D eigenvalue weighted by Crippen LogP contribution is 2.36. The van der Waals surface area contributed by atoms with Gasteiger partial charge in [-0.1, -0.05) is 25.0 Å². The van der Waals surface area contributed by atoms with Crippen molar-refractivity contribution in [3.05, 3.63) is 29.8 Å². The van der Waals surface area contributed by atoms with Crippen molar-refractivity contribution in [3.8, 4) is 5.75 Å². The molecule has 5 heteroatoms. The highest BCUT2D eigenvalue weighted by atomic mass is 16.5. The number of para-hydroxylation sites is 1. The summed E-state index contributed by atoms with van der Waals surface area (Å²) < 4.78 is 5.48. The molecule has 2 fully saturated rings. The van der Waals surface area contributed by atoms with E-state index in [2.05, 4.69) is 5.32 Å². The first-order valence-electron chi connectivity index (χ1n) is 9.00. The Morgan fingerprint density at radius 1 is 1.21 bits per heavy atom. The molecule has 0 radical (unpaired) electrons. The Morgan fingerprint density at radius 2 is 2.00 bits per heavy atom. The Kier molecular flexibility index (Phi) is 5.38. The fourth-order valence-corrected chi connectivity index (χ4v) is 4.00. The number of ether oxygens (including phenoxy) is 1. The summed E-state index contributed by atoms with van der Waals surface area (Å²) in [5.41, 5.74) is 0.476. The molecule has 1 aliphatic carbocycles. The number of fused-ring (bicyclic) bond motifs is 1. The maximum Gasteiger partial charge on any atom is 0.255 e. The van der Waals surface area contributed by atoms with Crippen molar-refractivity contribution in [1.82, 2.24) is 10.2 Å². The standard InChI is InChI=1S/C19H26N2O3/c1-2-24-17-10-6-4-8-15(17)19(23)20-13-18(22)21-12-11-14-7-3-5-9-16(14)21/h4,6,8,10,14,16H,2-3,5,7,9,11-13H2,1H3,(H,20,23)/t14-,16+/m0/s1. The molecule has 1 heterocycles. The second-order valence-corrected chi connectivity index (χ2v) is 6.60. The normalized spacial score (nSPS) is 22.8. The van der Waals surface area contributed by atoms with E-state index in [1.807, 2.05) is 17.9 Å². The van der Waals surface area contributed by atoms with E-state index >= 15 is 0 Å². The summed E-state index contributed by atoms with van der Waals surface area (Å²) in [6.45, 7) is 3.27. The van der Waals surface area contributed by atoms with Crippen LogP contribution >= 0.6 is 0 Å². The van der Waals surface area contributed by atoms with Crippen LogP contribution in [0, 0.1) is 5.92 Å². The largest absolute Gasteiger partial charge is 0.493 e. The second kappa shape index (κ2) is 7.69. The quantitative estimate of drug-likeness (QED) is 0.903. The molecule has 1 saturated heterocycles. The average molecular weight is 330 g/mol. The smallest absolute Gasteiger partial charge is 0.255 e. The minimum atomic E-state index is -0.258. The molecule has 130 valence electrons. The molecule has 1 N–H and O–H groups in total. The molecule has 1 aromatic rings. The van der Waals surface area contributed by atoms with Crippen LogP contribution in [0.5, 0.6) is 5.75 Å². The van der Waals surface area contributed by atoms with E-state index in [4.69, 9.17) is 4.74 Å². The predicted octanol–water partition coefficient (Wildman–Crippen LogP) is 2.61. The molecule has 1 aromatic carbocycles. The lowest BCUT2D eigenvalue weighted by atomic mass is 9.85. The molecule has 1 saturated carbocycles. The summed E-state index contributed by atoms with van der Waals surface area (Å²) in [5.74, 6) is 0.994. The molecule has 0 unspecified atom stereocenters. The first-order valence-corrected chi connectivity index (χ1v) is 9.00. The number of benzene rings is 1. The van der Waals surface area contributed by atoms with Crippen LogP contribution in [0.3, 0.4) is 0 Å². The van der Waals surface area contributed by atoms with Crippen LogP contribution in [0.2, 0.25) is 0 Å². The van der Waals surface area contributed by atoms with Gasteiger partial charge in [0, 0.05) is 12.6 Å². The minimum absolute atomic E-state index is 0.0339. The highest BCUT2D eigenvalue weighted by Gasteiger charge is 2.37. The Bertz CT molecular complexity index is 602. The van der Waals surface area contributed by atoms with Gasteiger partial charge in [-0.25, -0.2) is 0 Å². The van der Waals surface area contributed by atoms with E-state index in [-0.39, 0.29) is 18.4 Å². The molecule has 5 nitrogen and oxygen atoms in total. The van der Waals surface area contributed by atoms with Crippen LogP contribution in [-0.2, 0) is 4.79 Å². The van der Waals surface area contributed by atoms with Crippen molar-refractivity contribution in [2.75, 3.05) is 19.7 Å². The lowest BCUT2D eigenvalue weighted by Gasteiger charge is -2.31. The van der Waals surface area contributed by atoms with Gasteiger partial charge in [0.15, 0.2) is 0 Å². The zero-order chi connectivity index (χ0) is 16.9. The molecule has 2 amide bonds. The summed E-state index contributed by atoms with van der Waals surface area (Å²) in [6, 6.07) is 7.51. The van der Waals surface area contributed by atoms with Crippen LogP contribution in [0.4, 0.5) is 0 Å². The molecule has 1 aliphatic heterocycles. The summed E-state index contributed by atoms with van der Waals surface area (Å²) in [5, 5.41) is 2.76. The average Bonchev–Trinajstić information content (AvgIpc) is 3.04. The molecule has 3 rings (SSSR count). The third kappa shape index (κ3) is 3.55. The Hall–Kier alpha value is -2.04. The van der Waals surface area contributed by atoms with Crippen LogP contribution in [0.25, 0.3) is 0 Å². The zero-order valence-corrected chi connectivity index (χ0v) is 14.3. The van der Waals surface area contributed by atoms with E-state index in [1.165, 1.54) is 19.3 Å². The van der Waals surface area contributed by atoms with E-state index in [1.54, 1.807) is 18.2 Å². The summed E-state index contributed by atoms with van der Waals surface area (Å²) in [4.78, 5) is 26.9. The van der Waals surface area contributed by atoms with Crippen LogP contribution in [-0.4, -0.2) is 42.5 Å². The summed E-state index contributed by atoms with van der Waals surface area (Å²) in [7, 11) is 0. The molecule has 0 bridgehead atoms. The predicted molar refractivity (Wildman–Crippen MR) is 92.0 cm³/mol. The third-order valence-electron chi connectivity index (χ3n) is 5.16. The van der Waals surface area contributed by atoms with Crippen LogP contribution < -0.4 is 10.1 Å². The van der Waals surface area contributed by atoms with Gasteiger partial charge in [0.2, 0.25) is 5.91 Å². The summed E-state index contributed by atoms with van der Waals surface area (Å²) in [6.07, 6.45) is 5.95. The number of likely N-dealkylation sites (tertiary alicyclic amines) is 1. The van der Waals surface area contributed by atoms with Gasteiger partial charge in [-0.05, 0) is 44.2 Å². The summed E-state index contributed by atoms with van der Waals surface area (Å²) >= 11 is 0. The molecule has 24 heavy (non-hydrogen) atoms. The molecule has 0 aromatic heterocycles. The fourth-order valence-electron chi connectivity index (χ4n) is 4.00. The van der Waals surface area contributed by atoms with Gasteiger partial charge in [0.1, 0.15) is 5.75 Å². The Balaban J connectivity index is 1.57. The van der Waals surface area contributed by atoms with Crippen molar-refractivity contribution >= 4 is 11.8 Å². The van der Waals surface area contributed by atoms with E-state index < -0.39 is 0 Å².